The number of nitrogens with one attached hydrogen (secondary N) is 2. The highest BCUT2D eigenvalue weighted by atomic mass is 16.2. The third kappa shape index (κ3) is 6.43. The van der Waals surface area contributed by atoms with Gasteiger partial charge in [-0.2, -0.15) is 0 Å². The number of carbonyl (C=O) groups is 2. The first-order valence-corrected chi connectivity index (χ1v) is 7.86. The number of anilines is 1. The zero-order valence-corrected chi connectivity index (χ0v) is 13.1. The van der Waals surface area contributed by atoms with Crippen LogP contribution < -0.4 is 10.6 Å². The van der Waals surface area contributed by atoms with Crippen LogP contribution in [-0.4, -0.2) is 18.4 Å². The number of aryl methyl sites for hydroxylation is 1. The van der Waals surface area contributed by atoms with E-state index in [0.29, 0.717) is 12.2 Å². The molecule has 0 radical (unpaired) electrons. The van der Waals surface area contributed by atoms with Gasteiger partial charge in [0.2, 0.25) is 0 Å². The molecule has 0 aliphatic carbocycles. The van der Waals surface area contributed by atoms with Crippen molar-refractivity contribution in [2.24, 2.45) is 0 Å². The molecular formula is C17H26N2O2. The van der Waals surface area contributed by atoms with Crippen molar-refractivity contribution in [3.63, 3.8) is 0 Å². The predicted molar refractivity (Wildman–Crippen MR) is 86.2 cm³/mol. The van der Waals surface area contributed by atoms with Crippen LogP contribution in [-0.2, 0) is 16.0 Å². The summed E-state index contributed by atoms with van der Waals surface area (Å²) in [6, 6.07) is 7.53. The Morgan fingerprint density at radius 2 is 1.67 bits per heavy atom. The molecule has 0 heterocycles. The number of unbranched alkanes of at least 4 members (excludes halogenated alkanes) is 4. The van der Waals surface area contributed by atoms with Gasteiger partial charge in [0.1, 0.15) is 0 Å². The highest BCUT2D eigenvalue weighted by Gasteiger charge is 2.13. The van der Waals surface area contributed by atoms with Crippen LogP contribution in [0.1, 0.15) is 51.5 Å². The van der Waals surface area contributed by atoms with Crippen LogP contribution in [0.5, 0.6) is 0 Å². The molecular weight excluding hydrogens is 264 g/mol. The Hall–Kier alpha value is -1.84. The van der Waals surface area contributed by atoms with E-state index in [9.17, 15) is 9.59 Å². The molecule has 4 heteroatoms. The molecule has 0 aliphatic heterocycles. The third-order valence-corrected chi connectivity index (χ3v) is 3.42. The molecule has 0 atom stereocenters. The molecule has 1 aromatic rings. The van der Waals surface area contributed by atoms with Crippen LogP contribution in [0.4, 0.5) is 5.69 Å². The maximum Gasteiger partial charge on any atom is 0.313 e. The molecule has 0 spiro atoms. The van der Waals surface area contributed by atoms with Gasteiger partial charge in [-0.15, -0.1) is 0 Å². The Kier molecular flexibility index (Phi) is 8.17. The molecule has 2 amide bonds. The predicted octanol–water partition coefficient (Wildman–Crippen LogP) is 3.27. The summed E-state index contributed by atoms with van der Waals surface area (Å²) in [5.74, 6) is -1.15. The second-order valence-corrected chi connectivity index (χ2v) is 5.13. The number of hydrogen-bond donors (Lipinski definition) is 2. The maximum atomic E-state index is 11.8. The molecule has 21 heavy (non-hydrogen) atoms. The van der Waals surface area contributed by atoms with E-state index >= 15 is 0 Å². The van der Waals surface area contributed by atoms with E-state index in [1.807, 2.05) is 31.2 Å². The van der Waals surface area contributed by atoms with E-state index in [1.165, 1.54) is 19.3 Å². The van der Waals surface area contributed by atoms with E-state index in [4.69, 9.17) is 0 Å². The third-order valence-electron chi connectivity index (χ3n) is 3.42. The average molecular weight is 290 g/mol. The van der Waals surface area contributed by atoms with Crippen LogP contribution in [0.15, 0.2) is 24.3 Å². The maximum absolute atomic E-state index is 11.8. The van der Waals surface area contributed by atoms with Crippen LogP contribution in [0.25, 0.3) is 0 Å². The molecule has 1 aromatic carbocycles. The van der Waals surface area contributed by atoms with Crippen molar-refractivity contribution in [1.29, 1.82) is 0 Å². The van der Waals surface area contributed by atoms with Crippen molar-refractivity contribution >= 4 is 17.5 Å². The smallest absolute Gasteiger partial charge is 0.313 e. The largest absolute Gasteiger partial charge is 0.348 e. The molecule has 0 aromatic heterocycles. The van der Waals surface area contributed by atoms with Crippen molar-refractivity contribution in [3.05, 3.63) is 29.8 Å². The summed E-state index contributed by atoms with van der Waals surface area (Å²) >= 11 is 0. The summed E-state index contributed by atoms with van der Waals surface area (Å²) in [6.07, 6.45) is 6.44. The van der Waals surface area contributed by atoms with Gasteiger partial charge in [-0.05, 0) is 24.5 Å². The van der Waals surface area contributed by atoms with Gasteiger partial charge in [0, 0.05) is 12.2 Å². The van der Waals surface area contributed by atoms with Gasteiger partial charge < -0.3 is 10.6 Å². The van der Waals surface area contributed by atoms with E-state index in [-0.39, 0.29) is 0 Å². The molecule has 116 valence electrons. The first-order valence-electron chi connectivity index (χ1n) is 7.86. The van der Waals surface area contributed by atoms with Crippen LogP contribution in [0, 0.1) is 0 Å². The summed E-state index contributed by atoms with van der Waals surface area (Å²) in [7, 11) is 0. The van der Waals surface area contributed by atoms with Crippen molar-refractivity contribution < 1.29 is 9.59 Å². The number of benzene rings is 1. The normalized spacial score (nSPS) is 10.2. The van der Waals surface area contributed by atoms with Crippen LogP contribution in [0.2, 0.25) is 0 Å². The Labute approximate surface area is 127 Å². The van der Waals surface area contributed by atoms with Gasteiger partial charge in [0.05, 0.1) is 0 Å². The highest BCUT2D eigenvalue weighted by molar-refractivity contribution is 6.39. The highest BCUT2D eigenvalue weighted by Crippen LogP contribution is 2.15. The fraction of sp³-hybridized carbons (Fsp3) is 0.529. The molecule has 4 nitrogen and oxygen atoms in total. The molecule has 0 saturated carbocycles. The van der Waals surface area contributed by atoms with E-state index in [2.05, 4.69) is 17.6 Å². The Morgan fingerprint density at radius 3 is 2.38 bits per heavy atom. The fourth-order valence-corrected chi connectivity index (χ4v) is 2.14. The summed E-state index contributed by atoms with van der Waals surface area (Å²) in [5.41, 5.74) is 1.74. The number of amides is 2. The van der Waals surface area contributed by atoms with E-state index in [1.54, 1.807) is 0 Å². The van der Waals surface area contributed by atoms with Gasteiger partial charge in [-0.25, -0.2) is 0 Å². The molecule has 0 saturated heterocycles. The molecule has 2 N–H and O–H groups in total. The lowest BCUT2D eigenvalue weighted by Gasteiger charge is -2.09. The van der Waals surface area contributed by atoms with Crippen LogP contribution in [0.3, 0.4) is 0 Å². The zero-order valence-electron chi connectivity index (χ0n) is 13.1. The minimum absolute atomic E-state index is 0.559. The van der Waals surface area contributed by atoms with Crippen molar-refractivity contribution in [2.75, 3.05) is 11.9 Å². The van der Waals surface area contributed by atoms with Crippen molar-refractivity contribution in [1.82, 2.24) is 5.32 Å². The SMILES string of the molecule is CCCCCCCNC(=O)C(=O)Nc1ccccc1CC. The monoisotopic (exact) mass is 290 g/mol. The minimum Gasteiger partial charge on any atom is -0.348 e. The Bertz CT molecular complexity index is 458. The van der Waals surface area contributed by atoms with Gasteiger partial charge in [-0.3, -0.25) is 9.59 Å². The van der Waals surface area contributed by atoms with Gasteiger partial charge in [-0.1, -0.05) is 57.7 Å². The first-order chi connectivity index (χ1) is 10.2. The molecule has 0 unspecified atom stereocenters. The minimum atomic E-state index is -0.593. The lowest BCUT2D eigenvalue weighted by Crippen LogP contribution is -2.36. The fourth-order valence-electron chi connectivity index (χ4n) is 2.14. The molecule has 0 bridgehead atoms. The Balaban J connectivity index is 2.32. The van der Waals surface area contributed by atoms with Crippen molar-refractivity contribution in [2.45, 2.75) is 52.4 Å². The zero-order chi connectivity index (χ0) is 15.5. The summed E-state index contributed by atoms with van der Waals surface area (Å²) < 4.78 is 0. The number of rotatable bonds is 8. The van der Waals surface area contributed by atoms with Gasteiger partial charge in [0.25, 0.3) is 0 Å². The standard InChI is InChI=1S/C17H26N2O2/c1-3-5-6-7-10-13-18-16(20)17(21)19-15-12-9-8-11-14(15)4-2/h8-9,11-12H,3-7,10,13H2,1-2H3,(H,18,20)(H,19,21). The molecule has 0 fully saturated rings. The summed E-state index contributed by atoms with van der Waals surface area (Å²) in [6.45, 7) is 4.74. The lowest BCUT2D eigenvalue weighted by atomic mass is 10.1. The molecule has 0 aliphatic rings. The second kappa shape index (κ2) is 9.97. The topological polar surface area (TPSA) is 58.2 Å². The van der Waals surface area contributed by atoms with Crippen molar-refractivity contribution in [3.8, 4) is 0 Å². The molecule has 1 rings (SSSR count). The lowest BCUT2D eigenvalue weighted by molar-refractivity contribution is -0.136. The van der Waals surface area contributed by atoms with Crippen LogP contribution >= 0.6 is 0 Å². The summed E-state index contributed by atoms with van der Waals surface area (Å²) in [5, 5.41) is 5.34. The summed E-state index contributed by atoms with van der Waals surface area (Å²) in [4.78, 5) is 23.5. The Morgan fingerprint density at radius 1 is 0.952 bits per heavy atom. The first kappa shape index (κ1) is 17.2. The second-order valence-electron chi connectivity index (χ2n) is 5.13. The van der Waals surface area contributed by atoms with Gasteiger partial charge in [0.15, 0.2) is 0 Å². The van der Waals surface area contributed by atoms with E-state index in [0.717, 1.165) is 24.8 Å². The average Bonchev–Trinajstić information content (AvgIpc) is 2.51. The van der Waals surface area contributed by atoms with Gasteiger partial charge >= 0.3 is 11.8 Å². The number of carbonyl (C=O) groups excluding carboxylic acids is 2. The quantitative estimate of drug-likeness (QED) is 0.570. The van der Waals surface area contributed by atoms with E-state index < -0.39 is 11.8 Å². The number of hydrogen-bond acceptors (Lipinski definition) is 2. The number of para-hydroxylation sites is 1.